The third kappa shape index (κ3) is 3.27. The molecule has 0 saturated carbocycles. The van der Waals surface area contributed by atoms with Crippen LogP contribution >= 0.6 is 0 Å². The average Bonchev–Trinajstić information content (AvgIpc) is 3.00. The van der Waals surface area contributed by atoms with Crippen LogP contribution in [0.5, 0.6) is 0 Å². The van der Waals surface area contributed by atoms with Crippen LogP contribution in [-0.2, 0) is 9.59 Å². The van der Waals surface area contributed by atoms with Crippen molar-refractivity contribution in [1.29, 1.82) is 0 Å². The van der Waals surface area contributed by atoms with E-state index >= 15 is 0 Å². The van der Waals surface area contributed by atoms with Crippen LogP contribution in [0.3, 0.4) is 0 Å². The van der Waals surface area contributed by atoms with Crippen molar-refractivity contribution in [2.75, 3.05) is 0 Å². The van der Waals surface area contributed by atoms with Gasteiger partial charge in [0.15, 0.2) is 0 Å². The van der Waals surface area contributed by atoms with Gasteiger partial charge in [-0.25, -0.2) is 4.79 Å². The number of carbonyl (C=O) groups excluding carboxylic acids is 2. The van der Waals surface area contributed by atoms with Crippen molar-refractivity contribution in [3.8, 4) is 0 Å². The topological polar surface area (TPSA) is 86.7 Å². The molecular formula is C18H22N2O4. The predicted molar refractivity (Wildman–Crippen MR) is 87.5 cm³/mol. The molecule has 6 heteroatoms. The van der Waals surface area contributed by atoms with Crippen molar-refractivity contribution in [2.24, 2.45) is 0 Å². The Balaban J connectivity index is 1.78. The summed E-state index contributed by atoms with van der Waals surface area (Å²) in [5.74, 6) is -1.51. The van der Waals surface area contributed by atoms with Crippen LogP contribution in [0.4, 0.5) is 0 Å². The second kappa shape index (κ2) is 7.03. The fraction of sp³-hybridized carbons (Fsp3) is 0.500. The molecule has 2 aliphatic heterocycles. The van der Waals surface area contributed by atoms with Crippen LogP contribution in [0.15, 0.2) is 30.3 Å². The second-order valence-electron chi connectivity index (χ2n) is 6.51. The number of benzene rings is 1. The molecule has 0 aliphatic carbocycles. The molecule has 0 aromatic heterocycles. The average molecular weight is 330 g/mol. The first-order valence-corrected chi connectivity index (χ1v) is 8.49. The highest BCUT2D eigenvalue weighted by Gasteiger charge is 2.43. The van der Waals surface area contributed by atoms with Crippen LogP contribution in [0.1, 0.15) is 48.9 Å². The minimum atomic E-state index is -0.959. The lowest BCUT2D eigenvalue weighted by Crippen LogP contribution is -2.54. The molecule has 2 saturated heterocycles. The zero-order valence-electron chi connectivity index (χ0n) is 13.5. The van der Waals surface area contributed by atoms with E-state index in [2.05, 4.69) is 5.32 Å². The van der Waals surface area contributed by atoms with Crippen LogP contribution in [0.25, 0.3) is 0 Å². The van der Waals surface area contributed by atoms with E-state index in [0.29, 0.717) is 18.4 Å². The third-order valence-corrected chi connectivity index (χ3v) is 4.96. The first-order chi connectivity index (χ1) is 11.6. The van der Waals surface area contributed by atoms with Gasteiger partial charge < -0.3 is 15.3 Å². The summed E-state index contributed by atoms with van der Waals surface area (Å²) >= 11 is 0. The first-order valence-electron chi connectivity index (χ1n) is 8.49. The molecule has 2 N–H and O–H groups in total. The second-order valence-corrected chi connectivity index (χ2v) is 6.51. The Kier molecular flexibility index (Phi) is 4.83. The highest BCUT2D eigenvalue weighted by atomic mass is 16.4. The van der Waals surface area contributed by atoms with Gasteiger partial charge in [-0.1, -0.05) is 31.0 Å². The van der Waals surface area contributed by atoms with Gasteiger partial charge in [0.05, 0.1) is 0 Å². The number of nitrogens with one attached hydrogen (secondary N) is 1. The Bertz CT molecular complexity index is 631. The smallest absolute Gasteiger partial charge is 0.326 e. The van der Waals surface area contributed by atoms with Crippen LogP contribution in [-0.4, -0.2) is 45.9 Å². The molecule has 1 aromatic rings. The molecule has 3 atom stereocenters. The van der Waals surface area contributed by atoms with Gasteiger partial charge in [0.1, 0.15) is 12.1 Å². The van der Waals surface area contributed by atoms with E-state index in [4.69, 9.17) is 0 Å². The van der Waals surface area contributed by atoms with E-state index < -0.39 is 18.1 Å². The highest BCUT2D eigenvalue weighted by molar-refractivity contribution is 5.98. The summed E-state index contributed by atoms with van der Waals surface area (Å²) in [5.41, 5.74) is 0.500. The minimum absolute atomic E-state index is 0.0185. The van der Waals surface area contributed by atoms with Gasteiger partial charge in [0, 0.05) is 11.6 Å². The fourth-order valence-electron chi connectivity index (χ4n) is 3.74. The van der Waals surface area contributed by atoms with Gasteiger partial charge in [0.25, 0.3) is 5.91 Å². The third-order valence-electron chi connectivity index (χ3n) is 4.96. The molecule has 1 aromatic carbocycles. The molecule has 0 bridgehead atoms. The lowest BCUT2D eigenvalue weighted by molar-refractivity contribution is -0.151. The SMILES string of the molecule is O=C(N[C@@H]1CCCC[C@H]2CC[C@@H](C(=O)O)N2C1=O)c1ccccc1. The van der Waals surface area contributed by atoms with Gasteiger partial charge in [-0.2, -0.15) is 0 Å². The Morgan fingerprint density at radius 1 is 1.04 bits per heavy atom. The van der Waals surface area contributed by atoms with E-state index in [1.807, 2.05) is 6.07 Å². The molecule has 0 spiro atoms. The number of aliphatic carboxylic acids is 1. The van der Waals surface area contributed by atoms with E-state index in [1.54, 1.807) is 24.3 Å². The van der Waals surface area contributed by atoms with Crippen LogP contribution in [0, 0.1) is 0 Å². The van der Waals surface area contributed by atoms with E-state index in [-0.39, 0.29) is 17.9 Å². The standard InChI is InChI=1S/C18H22N2O4/c21-16(12-6-2-1-3-7-12)19-14-9-5-4-8-13-10-11-15(18(23)24)20(13)17(14)22/h1-3,6-7,13-15H,4-5,8-11H2,(H,19,21)(H,23,24)/t13-,14+,15-/m0/s1. The zero-order valence-corrected chi connectivity index (χ0v) is 13.5. The number of carboxylic acid groups (broad SMARTS) is 1. The minimum Gasteiger partial charge on any atom is -0.480 e. The van der Waals surface area contributed by atoms with Gasteiger partial charge >= 0.3 is 5.97 Å². The number of carboxylic acids is 1. The molecular weight excluding hydrogens is 308 g/mol. The number of hydrogen-bond acceptors (Lipinski definition) is 3. The zero-order chi connectivity index (χ0) is 17.1. The number of hydrogen-bond donors (Lipinski definition) is 2. The summed E-state index contributed by atoms with van der Waals surface area (Å²) in [6.07, 6.45) is 4.40. The van der Waals surface area contributed by atoms with E-state index in [0.717, 1.165) is 25.7 Å². The van der Waals surface area contributed by atoms with Gasteiger partial charge in [-0.15, -0.1) is 0 Å². The molecule has 2 amide bonds. The number of amides is 2. The maximum absolute atomic E-state index is 12.9. The first kappa shape index (κ1) is 16.5. The van der Waals surface area contributed by atoms with E-state index in [1.165, 1.54) is 4.90 Å². The molecule has 6 nitrogen and oxygen atoms in total. The normalized spacial score (nSPS) is 27.1. The number of carbonyl (C=O) groups is 3. The van der Waals surface area contributed by atoms with Gasteiger partial charge in [-0.3, -0.25) is 9.59 Å². The van der Waals surface area contributed by atoms with E-state index in [9.17, 15) is 19.5 Å². The Morgan fingerprint density at radius 3 is 2.46 bits per heavy atom. The van der Waals surface area contributed by atoms with Crippen molar-refractivity contribution in [2.45, 2.75) is 56.7 Å². The van der Waals surface area contributed by atoms with Crippen LogP contribution in [0.2, 0.25) is 0 Å². The molecule has 2 aliphatic rings. The monoisotopic (exact) mass is 330 g/mol. The molecule has 0 radical (unpaired) electrons. The molecule has 2 fully saturated rings. The number of rotatable bonds is 3. The molecule has 2 heterocycles. The number of nitrogens with zero attached hydrogens (tertiary/aromatic N) is 1. The van der Waals surface area contributed by atoms with Gasteiger partial charge in [0.2, 0.25) is 5.91 Å². The summed E-state index contributed by atoms with van der Waals surface area (Å²) in [6.45, 7) is 0. The highest BCUT2D eigenvalue weighted by Crippen LogP contribution is 2.31. The number of fused-ring (bicyclic) bond motifs is 1. The maximum Gasteiger partial charge on any atom is 0.326 e. The fourth-order valence-corrected chi connectivity index (χ4v) is 3.74. The Morgan fingerprint density at radius 2 is 1.75 bits per heavy atom. The Labute approximate surface area is 140 Å². The lowest BCUT2D eigenvalue weighted by atomic mass is 9.98. The molecule has 24 heavy (non-hydrogen) atoms. The summed E-state index contributed by atoms with van der Waals surface area (Å²) in [7, 11) is 0. The molecule has 3 rings (SSSR count). The molecule has 128 valence electrons. The van der Waals surface area contributed by atoms with Crippen molar-refractivity contribution in [3.05, 3.63) is 35.9 Å². The maximum atomic E-state index is 12.9. The van der Waals surface area contributed by atoms with Crippen molar-refractivity contribution in [3.63, 3.8) is 0 Å². The van der Waals surface area contributed by atoms with Crippen molar-refractivity contribution in [1.82, 2.24) is 10.2 Å². The van der Waals surface area contributed by atoms with Crippen LogP contribution < -0.4 is 5.32 Å². The summed E-state index contributed by atoms with van der Waals surface area (Å²) in [5, 5.41) is 12.2. The quantitative estimate of drug-likeness (QED) is 0.885. The molecule has 0 unspecified atom stereocenters. The van der Waals surface area contributed by atoms with Crippen molar-refractivity contribution < 1.29 is 19.5 Å². The predicted octanol–water partition coefficient (Wildman–Crippen LogP) is 1.80. The lowest BCUT2D eigenvalue weighted by Gasteiger charge is -2.34. The summed E-state index contributed by atoms with van der Waals surface area (Å²) in [4.78, 5) is 38.3. The van der Waals surface area contributed by atoms with Crippen molar-refractivity contribution >= 4 is 17.8 Å². The van der Waals surface area contributed by atoms with Gasteiger partial charge in [-0.05, 0) is 37.8 Å². The summed E-state index contributed by atoms with van der Waals surface area (Å²) < 4.78 is 0. The largest absolute Gasteiger partial charge is 0.480 e. The Hall–Kier alpha value is -2.37. The summed E-state index contributed by atoms with van der Waals surface area (Å²) in [6, 6.07) is 7.32.